The van der Waals surface area contributed by atoms with E-state index in [1.165, 1.54) is 19.3 Å². The average molecular weight is 304 g/mol. The average Bonchev–Trinajstić information content (AvgIpc) is 2.75. The molecule has 1 aliphatic carbocycles. The van der Waals surface area contributed by atoms with Crippen molar-refractivity contribution in [3.05, 3.63) is 0 Å². The van der Waals surface area contributed by atoms with Crippen LogP contribution < -0.4 is 5.32 Å². The van der Waals surface area contributed by atoms with Crippen LogP contribution in [-0.2, 0) is 4.74 Å². The van der Waals surface area contributed by atoms with E-state index in [2.05, 4.69) is 28.2 Å². The topological polar surface area (TPSA) is 41.5 Å². The summed E-state index contributed by atoms with van der Waals surface area (Å²) in [7, 11) is 0. The van der Waals surface area contributed by atoms with Gasteiger partial charge < -0.3 is 15.2 Å². The van der Waals surface area contributed by atoms with Crippen LogP contribution in [0.5, 0.6) is 0 Å². The van der Waals surface area contributed by atoms with Crippen molar-refractivity contribution in [3.8, 4) is 0 Å². The molecule has 1 saturated carbocycles. The van der Waals surface area contributed by atoms with Crippen LogP contribution in [0.2, 0.25) is 0 Å². The van der Waals surface area contributed by atoms with Gasteiger partial charge in [-0.2, -0.15) is 0 Å². The van der Waals surface area contributed by atoms with Gasteiger partial charge >= 0.3 is 0 Å². The first kappa shape index (κ1) is 12.4. The molecule has 17 heavy (non-hydrogen) atoms. The maximum absolute atomic E-state index is 9.29. The van der Waals surface area contributed by atoms with E-state index in [1.807, 2.05) is 0 Å². The van der Waals surface area contributed by atoms with Gasteiger partial charge in [0.2, 0.25) is 0 Å². The summed E-state index contributed by atoms with van der Waals surface area (Å²) in [5.41, 5.74) is 0. The molecule has 3 fully saturated rings. The molecule has 0 radical (unpaired) electrons. The summed E-state index contributed by atoms with van der Waals surface area (Å²) in [5.74, 6) is 1.22. The molecule has 2 heterocycles. The Balaban J connectivity index is 1.78. The van der Waals surface area contributed by atoms with Crippen LogP contribution in [0.3, 0.4) is 0 Å². The molecule has 0 bridgehead atoms. The number of halogens is 1. The van der Waals surface area contributed by atoms with Crippen LogP contribution in [0.25, 0.3) is 0 Å². The monoisotopic (exact) mass is 303 g/mol. The first-order valence-electron chi connectivity index (χ1n) is 6.85. The third-order valence-corrected chi connectivity index (χ3v) is 5.72. The number of hydrogen-bond donors (Lipinski definition) is 2. The molecule has 4 heteroatoms. The van der Waals surface area contributed by atoms with E-state index in [0.29, 0.717) is 34.9 Å². The lowest BCUT2D eigenvalue weighted by atomic mass is 9.71. The number of aliphatic hydroxyl groups excluding tert-OH is 1. The fourth-order valence-corrected chi connectivity index (χ4v) is 4.72. The molecule has 0 aromatic rings. The van der Waals surface area contributed by atoms with Crippen LogP contribution in [-0.4, -0.2) is 40.8 Å². The summed E-state index contributed by atoms with van der Waals surface area (Å²) in [6, 6.07) is 1.15. The summed E-state index contributed by atoms with van der Waals surface area (Å²) < 4.78 is 6.09. The van der Waals surface area contributed by atoms with Crippen LogP contribution in [0.1, 0.15) is 32.6 Å². The molecule has 7 atom stereocenters. The maximum atomic E-state index is 9.29. The molecule has 98 valence electrons. The van der Waals surface area contributed by atoms with E-state index in [9.17, 15) is 5.11 Å². The highest BCUT2D eigenvalue weighted by Gasteiger charge is 2.50. The van der Waals surface area contributed by atoms with Gasteiger partial charge in [-0.15, -0.1) is 0 Å². The second-order valence-corrected chi connectivity index (χ2v) is 7.24. The standard InChI is InChI=1S/C13H22BrNO2/c1-7-10-5-9(6-16)17-13(10)11-4-8(14)2-3-12(11)15-7/h7-13,15-16H,2-6H2,1H3. The highest BCUT2D eigenvalue weighted by molar-refractivity contribution is 9.09. The fourth-order valence-electron chi connectivity index (χ4n) is 4.02. The number of fused-ring (bicyclic) bond motifs is 3. The van der Waals surface area contributed by atoms with Crippen LogP contribution in [0.4, 0.5) is 0 Å². The molecule has 2 aliphatic heterocycles. The van der Waals surface area contributed by atoms with Gasteiger partial charge in [0.05, 0.1) is 18.8 Å². The van der Waals surface area contributed by atoms with Gasteiger partial charge in [0, 0.05) is 28.7 Å². The zero-order valence-electron chi connectivity index (χ0n) is 10.3. The van der Waals surface area contributed by atoms with E-state index in [-0.39, 0.29) is 12.7 Å². The molecule has 0 aromatic heterocycles. The Labute approximate surface area is 111 Å². The van der Waals surface area contributed by atoms with Crippen molar-refractivity contribution in [1.82, 2.24) is 5.32 Å². The number of aliphatic hydroxyl groups is 1. The minimum absolute atomic E-state index is 0.0729. The molecule has 0 aromatic carbocycles. The molecule has 0 spiro atoms. The van der Waals surface area contributed by atoms with Crippen LogP contribution in [0.15, 0.2) is 0 Å². The fraction of sp³-hybridized carbons (Fsp3) is 1.00. The molecular formula is C13H22BrNO2. The van der Waals surface area contributed by atoms with Crippen molar-refractivity contribution in [2.24, 2.45) is 11.8 Å². The Morgan fingerprint density at radius 3 is 2.88 bits per heavy atom. The van der Waals surface area contributed by atoms with Crippen molar-refractivity contribution in [3.63, 3.8) is 0 Å². The first-order chi connectivity index (χ1) is 8.19. The van der Waals surface area contributed by atoms with E-state index >= 15 is 0 Å². The van der Waals surface area contributed by atoms with Crippen molar-refractivity contribution in [2.75, 3.05) is 6.61 Å². The van der Waals surface area contributed by atoms with Crippen molar-refractivity contribution in [2.45, 2.75) is 61.7 Å². The normalized spacial score (nSPS) is 54.2. The number of hydrogen-bond acceptors (Lipinski definition) is 3. The molecule has 3 aliphatic rings. The Kier molecular flexibility index (Phi) is 3.50. The van der Waals surface area contributed by atoms with Gasteiger partial charge in [-0.05, 0) is 32.6 Å². The zero-order chi connectivity index (χ0) is 12.0. The number of ether oxygens (including phenoxy) is 1. The lowest BCUT2D eigenvalue weighted by Gasteiger charge is -2.47. The molecule has 7 unspecified atom stereocenters. The molecule has 2 N–H and O–H groups in total. The van der Waals surface area contributed by atoms with Gasteiger partial charge in [-0.25, -0.2) is 0 Å². The largest absolute Gasteiger partial charge is 0.394 e. The maximum Gasteiger partial charge on any atom is 0.0814 e. The van der Waals surface area contributed by atoms with E-state index in [4.69, 9.17) is 4.74 Å². The van der Waals surface area contributed by atoms with Gasteiger partial charge in [0.1, 0.15) is 0 Å². The molecular weight excluding hydrogens is 282 g/mol. The lowest BCUT2D eigenvalue weighted by molar-refractivity contribution is -0.0582. The van der Waals surface area contributed by atoms with Gasteiger partial charge in [0.15, 0.2) is 0 Å². The lowest BCUT2D eigenvalue weighted by Crippen LogP contribution is -2.58. The Bertz CT molecular complexity index is 289. The third kappa shape index (κ3) is 2.18. The summed E-state index contributed by atoms with van der Waals surface area (Å²) in [5, 5.41) is 13.1. The van der Waals surface area contributed by atoms with Crippen molar-refractivity contribution < 1.29 is 9.84 Å². The third-order valence-electron chi connectivity index (χ3n) is 4.89. The van der Waals surface area contributed by atoms with Crippen LogP contribution in [0, 0.1) is 11.8 Å². The predicted molar refractivity (Wildman–Crippen MR) is 70.3 cm³/mol. The smallest absolute Gasteiger partial charge is 0.0814 e. The van der Waals surface area contributed by atoms with Gasteiger partial charge in [-0.3, -0.25) is 0 Å². The first-order valence-corrected chi connectivity index (χ1v) is 7.77. The summed E-state index contributed by atoms with van der Waals surface area (Å²) in [6.45, 7) is 2.45. The predicted octanol–water partition coefficient (Wildman–Crippen LogP) is 1.68. The van der Waals surface area contributed by atoms with Crippen LogP contribution >= 0.6 is 15.9 Å². The highest BCUT2D eigenvalue weighted by Crippen LogP contribution is 2.44. The Morgan fingerprint density at radius 1 is 1.29 bits per heavy atom. The summed E-state index contributed by atoms with van der Waals surface area (Å²) in [4.78, 5) is 0.649. The molecule has 3 rings (SSSR count). The van der Waals surface area contributed by atoms with E-state index in [1.54, 1.807) is 0 Å². The molecule has 3 nitrogen and oxygen atoms in total. The molecule has 2 saturated heterocycles. The van der Waals surface area contributed by atoms with E-state index in [0.717, 1.165) is 6.42 Å². The molecule has 0 amide bonds. The van der Waals surface area contributed by atoms with Gasteiger partial charge in [-0.1, -0.05) is 15.9 Å². The minimum atomic E-state index is 0.0729. The minimum Gasteiger partial charge on any atom is -0.394 e. The number of alkyl halides is 1. The van der Waals surface area contributed by atoms with Crippen molar-refractivity contribution >= 4 is 15.9 Å². The quantitative estimate of drug-likeness (QED) is 0.724. The zero-order valence-corrected chi connectivity index (χ0v) is 11.9. The summed E-state index contributed by atoms with van der Waals surface area (Å²) >= 11 is 3.76. The highest BCUT2D eigenvalue weighted by atomic mass is 79.9. The van der Waals surface area contributed by atoms with E-state index < -0.39 is 0 Å². The summed E-state index contributed by atoms with van der Waals surface area (Å²) in [6.07, 6.45) is 5.19. The van der Waals surface area contributed by atoms with Gasteiger partial charge in [0.25, 0.3) is 0 Å². The van der Waals surface area contributed by atoms with Crippen molar-refractivity contribution in [1.29, 1.82) is 0 Å². The number of rotatable bonds is 1. The second kappa shape index (κ2) is 4.80. The second-order valence-electron chi connectivity index (χ2n) is 5.94. The number of nitrogens with one attached hydrogen (secondary N) is 1. The number of piperidine rings is 1. The Morgan fingerprint density at radius 2 is 2.12 bits per heavy atom. The SMILES string of the molecule is CC1NC2CCC(Br)CC2C2OC(CO)CC12. The Hall–Kier alpha value is 0.360.